The lowest BCUT2D eigenvalue weighted by Crippen LogP contribution is -2.07. The molecule has 3 aliphatic rings. The molecule has 1 aliphatic carbocycles. The zero-order chi connectivity index (χ0) is 100. The highest BCUT2D eigenvalue weighted by atomic mass is 32.2. The van der Waals surface area contributed by atoms with E-state index in [0.29, 0.717) is 0 Å². The van der Waals surface area contributed by atoms with Gasteiger partial charge >= 0.3 is 0 Å². The van der Waals surface area contributed by atoms with E-state index in [0.717, 1.165) is 58.1 Å². The van der Waals surface area contributed by atoms with Crippen LogP contribution in [0.5, 0.6) is 5.75 Å². The van der Waals surface area contributed by atoms with Crippen LogP contribution in [0, 0.1) is 34.6 Å². The van der Waals surface area contributed by atoms with Crippen LogP contribution in [0.25, 0.3) is 32.7 Å². The Balaban J connectivity index is -0.000000128. The maximum absolute atomic E-state index is 5.42. The van der Waals surface area contributed by atoms with E-state index in [9.17, 15) is 0 Å². The lowest BCUT2D eigenvalue weighted by molar-refractivity contribution is 0.288. The van der Waals surface area contributed by atoms with Gasteiger partial charge in [0.1, 0.15) is 36.9 Å². The molecule has 5 aromatic carbocycles. The van der Waals surface area contributed by atoms with Crippen molar-refractivity contribution in [2.45, 2.75) is 326 Å². The van der Waals surface area contributed by atoms with Gasteiger partial charge in [0.05, 0.1) is 41.2 Å². The zero-order valence-corrected chi connectivity index (χ0v) is 89.3. The number of rotatable bonds is 0. The Morgan fingerprint density at radius 3 is 1.11 bits per heavy atom. The van der Waals surface area contributed by atoms with E-state index < -0.39 is 0 Å². The molecule has 0 saturated carbocycles. The number of nitrogens with zero attached hydrogens (tertiary/aromatic N) is 16. The first-order valence-corrected chi connectivity index (χ1v) is 49.3. The summed E-state index contributed by atoms with van der Waals surface area (Å²) in [6.07, 6.45) is 37.1. The van der Waals surface area contributed by atoms with Gasteiger partial charge in [-0.25, -0.2) is 29.9 Å². The molecule has 0 unspecified atom stereocenters. The highest BCUT2D eigenvalue weighted by Crippen LogP contribution is 2.29. The molecule has 0 amide bonds. The molecule has 0 fully saturated rings. The van der Waals surface area contributed by atoms with Crippen LogP contribution in [0.3, 0.4) is 0 Å². The SMILES string of the molecule is CC.CC.CC.CC.CC.CC.CC.CC.CC.CC.CC.CC.CC.CC.CC.CC.CC.Cc1ccncc1.Cc1ccncn1.Cc1ccnnc1.Cc1cnncn1.Cc1ncncn1.c1ccc2c(c1)CCCO2.c1ccc2c(c1)CCCS2.c1ccc2cnccc2c1.c1ccc2ncccc2c1.c1ccc2nccnc2c1.c1cnc2c(c1)CCCC2. The minimum absolute atomic E-state index is 0.759. The summed E-state index contributed by atoms with van der Waals surface area (Å²) in [6.45, 7) is 78.5. The Hall–Kier alpha value is -11.1. The molecule has 17 rings (SSSR count). The van der Waals surface area contributed by atoms with Gasteiger partial charge in [0.15, 0.2) is 0 Å². The van der Waals surface area contributed by atoms with Crippen molar-refractivity contribution in [2.75, 3.05) is 12.4 Å². The molecule has 0 bridgehead atoms. The molecule has 2 aliphatic heterocycles. The Morgan fingerprint density at radius 2 is 0.674 bits per heavy atom. The van der Waals surface area contributed by atoms with Crippen LogP contribution in [-0.2, 0) is 25.7 Å². The van der Waals surface area contributed by atoms with E-state index in [1.165, 1.54) is 119 Å². The summed E-state index contributed by atoms with van der Waals surface area (Å²) in [4.78, 5) is 48.6. The van der Waals surface area contributed by atoms with Crippen LogP contribution in [0.4, 0.5) is 0 Å². The van der Waals surface area contributed by atoms with Crippen LogP contribution in [-0.4, -0.2) is 92.6 Å². The van der Waals surface area contributed by atoms with E-state index in [1.54, 1.807) is 55.1 Å². The van der Waals surface area contributed by atoms with E-state index in [4.69, 9.17) is 4.74 Å². The average Bonchev–Trinajstić information content (AvgIpc) is 0.902. The number of para-hydroxylation sites is 4. The van der Waals surface area contributed by atoms with Crippen LogP contribution in [0.1, 0.15) is 312 Å². The molecule has 14 aromatic rings. The average molecular weight is 1790 g/mol. The molecule has 129 heavy (non-hydrogen) atoms. The predicted molar refractivity (Wildman–Crippen MR) is 574 cm³/mol. The lowest BCUT2D eigenvalue weighted by atomic mass is 9.96. The lowest BCUT2D eigenvalue weighted by Gasteiger charge is -2.15. The monoisotopic (exact) mass is 1790 g/mol. The second kappa shape index (κ2) is 123. The maximum atomic E-state index is 5.42. The van der Waals surface area contributed by atoms with Crippen LogP contribution >= 0.6 is 11.8 Å². The number of fused-ring (bicyclic) bond motifs is 6. The summed E-state index contributed by atoms with van der Waals surface area (Å²) < 4.78 is 5.42. The summed E-state index contributed by atoms with van der Waals surface area (Å²) >= 11 is 1.99. The Bertz CT molecular complexity index is 3530. The van der Waals surface area contributed by atoms with Crippen molar-refractivity contribution in [2.24, 2.45) is 0 Å². The maximum Gasteiger partial charge on any atom is 0.138 e. The molecule has 718 valence electrons. The molecule has 0 saturated heterocycles. The molecular weight excluding hydrogens is 1610 g/mol. The first-order valence-electron chi connectivity index (χ1n) is 48.4. The predicted octanol–water partition coefficient (Wildman–Crippen LogP) is 33.6. The Labute approximate surface area is 795 Å². The third-order valence-corrected chi connectivity index (χ3v) is 14.9. The third-order valence-electron chi connectivity index (χ3n) is 13.7. The van der Waals surface area contributed by atoms with Crippen molar-refractivity contribution in [1.29, 1.82) is 0 Å². The largest absolute Gasteiger partial charge is 0.493 e. The minimum Gasteiger partial charge on any atom is -0.493 e. The summed E-state index contributed by atoms with van der Waals surface area (Å²) in [5.41, 5.74) is 13.0. The van der Waals surface area contributed by atoms with E-state index in [2.05, 4.69) is 147 Å². The number of aromatic nitrogens is 16. The topological polar surface area (TPSA) is 215 Å². The zero-order valence-electron chi connectivity index (χ0n) is 88.5. The van der Waals surface area contributed by atoms with Gasteiger partial charge < -0.3 is 4.74 Å². The van der Waals surface area contributed by atoms with Crippen LogP contribution < -0.4 is 4.74 Å². The number of aryl methyl sites for hydroxylation is 9. The number of ether oxygens (including phenoxy) is 1. The first kappa shape index (κ1) is 141. The van der Waals surface area contributed by atoms with E-state index in [1.807, 2.05) is 416 Å². The minimum atomic E-state index is 0.759. The second-order valence-electron chi connectivity index (χ2n) is 21.1. The number of pyridine rings is 4. The molecule has 18 heteroatoms. The summed E-state index contributed by atoms with van der Waals surface area (Å²) in [7, 11) is 0. The van der Waals surface area contributed by atoms with Crippen molar-refractivity contribution in [3.63, 3.8) is 0 Å². The number of hydrogen-bond acceptors (Lipinski definition) is 18. The Morgan fingerprint density at radius 1 is 0.248 bits per heavy atom. The Kier molecular flexibility index (Phi) is 135. The fraction of sp³-hybridized carbons (Fsp3) is 0.441. The molecule has 0 spiro atoms. The van der Waals surface area contributed by atoms with Crippen molar-refractivity contribution >= 4 is 44.5 Å². The van der Waals surface area contributed by atoms with Gasteiger partial charge in [-0.1, -0.05) is 339 Å². The highest BCUT2D eigenvalue weighted by Gasteiger charge is 2.09. The molecule has 0 atom stereocenters. The van der Waals surface area contributed by atoms with E-state index >= 15 is 0 Å². The fourth-order valence-corrected chi connectivity index (χ4v) is 9.85. The van der Waals surface area contributed by atoms with Crippen molar-refractivity contribution in [1.82, 2.24) is 80.2 Å². The quantitative estimate of drug-likeness (QED) is 0.138. The smallest absolute Gasteiger partial charge is 0.138 e. The molecule has 11 heterocycles. The number of hydrogen-bond donors (Lipinski definition) is 0. The number of benzene rings is 5. The summed E-state index contributed by atoms with van der Waals surface area (Å²) in [5.74, 6) is 3.14. The fourth-order valence-electron chi connectivity index (χ4n) is 8.81. The molecule has 9 aromatic heterocycles. The normalized spacial score (nSPS) is 9.23. The highest BCUT2D eigenvalue weighted by molar-refractivity contribution is 7.99. The first-order chi connectivity index (χ1) is 63.8. The molecular formula is C111H182N16OS. The van der Waals surface area contributed by atoms with Gasteiger partial charge in [0, 0.05) is 83.6 Å². The van der Waals surface area contributed by atoms with Gasteiger partial charge in [0.25, 0.3) is 0 Å². The summed E-state index contributed by atoms with van der Waals surface area (Å²) in [6, 6.07) is 59.0. The van der Waals surface area contributed by atoms with Crippen LogP contribution in [0.2, 0.25) is 0 Å². The van der Waals surface area contributed by atoms with Crippen LogP contribution in [0.15, 0.2) is 280 Å². The van der Waals surface area contributed by atoms with Crippen molar-refractivity contribution in [3.05, 3.63) is 326 Å². The molecule has 17 nitrogen and oxygen atoms in total. The standard InChI is InChI=1S/C9H11N.2C9H7N.C9H10O.C9H10S.C8H6N2.C6H7N.2C5H6N2.2C4H5N3.17C2H6/c2*1-2-6-9-8(4-1)5-3-7-10-9;1-2-4-9-7-10-6-5-8(9)3-1;2*1-2-6-9-8(4-1)5-3-7-10-9;1-2-4-8-7(3-1)9-5-6-10-8;1-6-2-4-7-5-3-6;1-5-2-3-6-4-7-5;1-5-2-3-6-7-4-5;1-4-6-2-5-3-7-4;1-4-2-6-7-3-5-4;17*1-2/h3,5,7H,1-2,4,6H2;2*1-7H;2*1-2,4,6H,3,5,7H2;1-6H;2-5H,1H3;2*2-4H,1H3;2*2-3H,1H3;17*1-2H3. The second-order valence-corrected chi connectivity index (χ2v) is 22.3. The van der Waals surface area contributed by atoms with Gasteiger partial charge in [-0.15, -0.1) is 16.9 Å². The van der Waals surface area contributed by atoms with Gasteiger partial charge in [0.2, 0.25) is 0 Å². The van der Waals surface area contributed by atoms with Crippen molar-refractivity contribution < 1.29 is 4.74 Å². The molecule has 0 radical (unpaired) electrons. The van der Waals surface area contributed by atoms with E-state index in [-0.39, 0.29) is 0 Å². The van der Waals surface area contributed by atoms with Gasteiger partial charge in [-0.3, -0.25) is 29.9 Å². The van der Waals surface area contributed by atoms with Crippen molar-refractivity contribution in [3.8, 4) is 5.75 Å². The third kappa shape index (κ3) is 82.3. The summed E-state index contributed by atoms with van der Waals surface area (Å²) in [5, 5.41) is 17.9. The van der Waals surface area contributed by atoms with Gasteiger partial charge in [-0.05, 0) is 203 Å². The van der Waals surface area contributed by atoms with Gasteiger partial charge in [-0.2, -0.15) is 15.3 Å². The molecule has 0 N–H and O–H groups in total. The number of thioether (sulfide) groups is 1.